The molecule has 0 spiro atoms. The molecule has 1 N–H and O–H groups in total. The molecule has 0 aromatic carbocycles. The van der Waals surface area contributed by atoms with Crippen molar-refractivity contribution >= 4 is 5.91 Å². The highest BCUT2D eigenvalue weighted by Gasteiger charge is 2.22. The van der Waals surface area contributed by atoms with Crippen LogP contribution in [0.1, 0.15) is 26.2 Å². The number of amides is 1. The second kappa shape index (κ2) is 5.14. The van der Waals surface area contributed by atoms with Crippen LogP contribution in [0.5, 0.6) is 0 Å². The van der Waals surface area contributed by atoms with Gasteiger partial charge in [0.25, 0.3) is 0 Å². The van der Waals surface area contributed by atoms with Gasteiger partial charge in [-0.1, -0.05) is 13.3 Å². The normalized spacial score (nSPS) is 22.6. The minimum Gasteiger partial charge on any atom is -0.381 e. The van der Waals surface area contributed by atoms with Gasteiger partial charge in [-0.2, -0.15) is 0 Å². The molecule has 3 nitrogen and oxygen atoms in total. The van der Waals surface area contributed by atoms with Crippen LogP contribution >= 0.6 is 0 Å². The van der Waals surface area contributed by atoms with Gasteiger partial charge in [0.05, 0.1) is 12.5 Å². The van der Waals surface area contributed by atoms with Crippen LogP contribution in [-0.2, 0) is 9.53 Å². The molecule has 1 aliphatic rings. The second-order valence-electron chi connectivity index (χ2n) is 3.21. The molecule has 0 saturated carbocycles. The highest BCUT2D eigenvalue weighted by atomic mass is 16.5. The van der Waals surface area contributed by atoms with Crippen LogP contribution in [0, 0.1) is 5.92 Å². The van der Waals surface area contributed by atoms with Crippen molar-refractivity contribution in [2.45, 2.75) is 26.2 Å². The summed E-state index contributed by atoms with van der Waals surface area (Å²) < 4.78 is 5.12. The second-order valence-corrected chi connectivity index (χ2v) is 3.21. The maximum Gasteiger partial charge on any atom is 0.225 e. The van der Waals surface area contributed by atoms with Crippen LogP contribution in [0.15, 0.2) is 0 Å². The van der Waals surface area contributed by atoms with Gasteiger partial charge in [0.15, 0.2) is 0 Å². The van der Waals surface area contributed by atoms with E-state index in [1.807, 2.05) is 0 Å². The Balaban J connectivity index is 2.10. The van der Waals surface area contributed by atoms with E-state index in [0.29, 0.717) is 6.61 Å². The lowest BCUT2D eigenvalue weighted by atomic mass is 10.1. The Labute approximate surface area is 73.5 Å². The maximum absolute atomic E-state index is 11.3. The first-order chi connectivity index (χ1) is 5.84. The summed E-state index contributed by atoms with van der Waals surface area (Å²) in [5.41, 5.74) is 0. The maximum atomic E-state index is 11.3. The summed E-state index contributed by atoms with van der Waals surface area (Å²) in [4.78, 5) is 11.3. The van der Waals surface area contributed by atoms with Crippen molar-refractivity contribution in [3.05, 3.63) is 0 Å². The van der Waals surface area contributed by atoms with Crippen molar-refractivity contribution in [3.63, 3.8) is 0 Å². The Hall–Kier alpha value is -0.570. The summed E-state index contributed by atoms with van der Waals surface area (Å²) >= 11 is 0. The third-order valence-corrected chi connectivity index (χ3v) is 2.13. The number of carbonyl (C=O) groups excluding carboxylic acids is 1. The molecule has 1 saturated heterocycles. The topological polar surface area (TPSA) is 38.3 Å². The fraction of sp³-hybridized carbons (Fsp3) is 0.889. The van der Waals surface area contributed by atoms with Crippen molar-refractivity contribution in [2.24, 2.45) is 5.92 Å². The molecule has 12 heavy (non-hydrogen) atoms. The van der Waals surface area contributed by atoms with Gasteiger partial charge in [-0.3, -0.25) is 4.79 Å². The predicted octanol–water partition coefficient (Wildman–Crippen LogP) is 0.939. The lowest BCUT2D eigenvalue weighted by Gasteiger charge is -2.07. The SMILES string of the molecule is CCCCNC(=O)C1CCOC1. The van der Waals surface area contributed by atoms with Crippen LogP contribution < -0.4 is 5.32 Å². The number of ether oxygens (including phenoxy) is 1. The van der Waals surface area contributed by atoms with E-state index in [0.717, 1.165) is 32.4 Å². The van der Waals surface area contributed by atoms with E-state index in [4.69, 9.17) is 4.74 Å². The third kappa shape index (κ3) is 2.81. The molecule has 1 atom stereocenters. The molecular formula is C9H17NO2. The number of rotatable bonds is 4. The summed E-state index contributed by atoms with van der Waals surface area (Å²) in [5.74, 6) is 0.280. The average Bonchev–Trinajstić information content (AvgIpc) is 2.56. The Bertz CT molecular complexity index is 141. The summed E-state index contributed by atoms with van der Waals surface area (Å²) in [7, 11) is 0. The molecule has 0 radical (unpaired) electrons. The fourth-order valence-corrected chi connectivity index (χ4v) is 1.27. The van der Waals surface area contributed by atoms with Gasteiger partial charge in [0.2, 0.25) is 5.91 Å². The van der Waals surface area contributed by atoms with Crippen LogP contribution in [0.3, 0.4) is 0 Å². The fourth-order valence-electron chi connectivity index (χ4n) is 1.27. The van der Waals surface area contributed by atoms with Crippen molar-refractivity contribution < 1.29 is 9.53 Å². The van der Waals surface area contributed by atoms with E-state index in [1.165, 1.54) is 0 Å². The zero-order valence-corrected chi connectivity index (χ0v) is 7.64. The summed E-state index contributed by atoms with van der Waals surface area (Å²) in [5, 5.41) is 2.91. The van der Waals surface area contributed by atoms with Gasteiger partial charge >= 0.3 is 0 Å². The van der Waals surface area contributed by atoms with Crippen LogP contribution in [0.25, 0.3) is 0 Å². The van der Waals surface area contributed by atoms with Gasteiger partial charge in [0, 0.05) is 13.2 Å². The first-order valence-electron chi connectivity index (χ1n) is 4.70. The molecule has 1 rings (SSSR count). The molecule has 1 heterocycles. The van der Waals surface area contributed by atoms with E-state index in [9.17, 15) is 4.79 Å². The van der Waals surface area contributed by atoms with Gasteiger partial charge in [-0.15, -0.1) is 0 Å². The monoisotopic (exact) mass is 171 g/mol. The van der Waals surface area contributed by atoms with Crippen molar-refractivity contribution in [3.8, 4) is 0 Å². The van der Waals surface area contributed by atoms with Crippen LogP contribution in [0.4, 0.5) is 0 Å². The van der Waals surface area contributed by atoms with Gasteiger partial charge in [-0.05, 0) is 12.8 Å². The lowest BCUT2D eigenvalue weighted by molar-refractivity contribution is -0.124. The van der Waals surface area contributed by atoms with Crippen LogP contribution in [0.2, 0.25) is 0 Å². The summed E-state index contributed by atoms with van der Waals surface area (Å²) in [6.07, 6.45) is 3.08. The predicted molar refractivity (Wildman–Crippen MR) is 46.8 cm³/mol. The Morgan fingerprint density at radius 3 is 3.08 bits per heavy atom. The molecule has 1 fully saturated rings. The van der Waals surface area contributed by atoms with Crippen LogP contribution in [-0.4, -0.2) is 25.7 Å². The number of hydrogen-bond acceptors (Lipinski definition) is 2. The molecule has 1 amide bonds. The van der Waals surface area contributed by atoms with Gasteiger partial charge < -0.3 is 10.1 Å². The van der Waals surface area contributed by atoms with Gasteiger partial charge in [-0.25, -0.2) is 0 Å². The van der Waals surface area contributed by atoms with Crippen molar-refractivity contribution in [1.29, 1.82) is 0 Å². The van der Waals surface area contributed by atoms with E-state index in [1.54, 1.807) is 0 Å². The molecule has 0 aliphatic carbocycles. The number of unbranched alkanes of at least 4 members (excludes halogenated alkanes) is 1. The smallest absolute Gasteiger partial charge is 0.225 e. The number of nitrogens with one attached hydrogen (secondary N) is 1. The zero-order valence-electron chi connectivity index (χ0n) is 7.64. The Morgan fingerprint density at radius 1 is 1.67 bits per heavy atom. The minimum absolute atomic E-state index is 0.113. The van der Waals surface area contributed by atoms with Crippen molar-refractivity contribution in [1.82, 2.24) is 5.32 Å². The number of carbonyl (C=O) groups is 1. The summed E-state index contributed by atoms with van der Waals surface area (Å²) in [6, 6.07) is 0. The molecule has 70 valence electrons. The molecule has 1 aliphatic heterocycles. The first-order valence-corrected chi connectivity index (χ1v) is 4.70. The van der Waals surface area contributed by atoms with E-state index in [-0.39, 0.29) is 11.8 Å². The lowest BCUT2D eigenvalue weighted by Crippen LogP contribution is -2.31. The Kier molecular flexibility index (Phi) is 4.08. The minimum atomic E-state index is 0.113. The first kappa shape index (κ1) is 9.52. The Morgan fingerprint density at radius 2 is 2.50 bits per heavy atom. The molecular weight excluding hydrogens is 154 g/mol. The van der Waals surface area contributed by atoms with Gasteiger partial charge in [0.1, 0.15) is 0 Å². The standard InChI is InChI=1S/C9H17NO2/c1-2-3-5-10-9(11)8-4-6-12-7-8/h8H,2-7H2,1H3,(H,10,11). The highest BCUT2D eigenvalue weighted by molar-refractivity contribution is 5.78. The van der Waals surface area contributed by atoms with Crippen molar-refractivity contribution in [2.75, 3.05) is 19.8 Å². The van der Waals surface area contributed by atoms with E-state index < -0.39 is 0 Å². The number of hydrogen-bond donors (Lipinski definition) is 1. The van der Waals surface area contributed by atoms with E-state index in [2.05, 4.69) is 12.2 Å². The molecule has 0 aromatic rings. The third-order valence-electron chi connectivity index (χ3n) is 2.13. The summed E-state index contributed by atoms with van der Waals surface area (Å²) in [6.45, 7) is 4.28. The highest BCUT2D eigenvalue weighted by Crippen LogP contribution is 2.11. The molecule has 3 heteroatoms. The largest absolute Gasteiger partial charge is 0.381 e. The average molecular weight is 171 g/mol. The molecule has 0 aromatic heterocycles. The molecule has 1 unspecified atom stereocenters. The quantitative estimate of drug-likeness (QED) is 0.639. The molecule has 0 bridgehead atoms. The zero-order chi connectivity index (χ0) is 8.81. The van der Waals surface area contributed by atoms with E-state index >= 15 is 0 Å².